The van der Waals surface area contributed by atoms with Crippen molar-refractivity contribution in [2.24, 2.45) is 0 Å². The molecule has 1 N–H and O–H groups in total. The summed E-state index contributed by atoms with van der Waals surface area (Å²) in [5, 5.41) is 9.90. The number of hydrogen-bond donors (Lipinski definition) is 1. The second-order valence-corrected chi connectivity index (χ2v) is 4.54. The van der Waals surface area contributed by atoms with Gasteiger partial charge in [0.2, 0.25) is 0 Å². The van der Waals surface area contributed by atoms with Crippen molar-refractivity contribution in [1.82, 2.24) is 0 Å². The van der Waals surface area contributed by atoms with E-state index in [0.29, 0.717) is 0 Å². The molecule has 0 heterocycles. The molecule has 2 aromatic carbocycles. The summed E-state index contributed by atoms with van der Waals surface area (Å²) in [5.74, 6) is -1.61. The second kappa shape index (κ2) is 5.81. The highest BCUT2D eigenvalue weighted by molar-refractivity contribution is 5.28. The van der Waals surface area contributed by atoms with E-state index in [9.17, 15) is 27.1 Å². The molecular weight excluding hydrogens is 291 g/mol. The number of benzene rings is 2. The maximum absolute atomic E-state index is 13.4. The summed E-state index contributed by atoms with van der Waals surface area (Å²) in [6.07, 6.45) is -6.12. The molecule has 0 aliphatic carbocycles. The first kappa shape index (κ1) is 15.4. The van der Waals surface area contributed by atoms with Gasteiger partial charge in [-0.2, -0.15) is 13.2 Å². The lowest BCUT2D eigenvalue weighted by molar-refractivity contribution is -0.137. The molecule has 0 saturated heterocycles. The summed E-state index contributed by atoms with van der Waals surface area (Å²) in [4.78, 5) is 0. The van der Waals surface area contributed by atoms with Crippen LogP contribution in [0.25, 0.3) is 0 Å². The molecule has 6 heteroatoms. The van der Waals surface area contributed by atoms with Gasteiger partial charge in [-0.3, -0.25) is 0 Å². The number of halogens is 5. The van der Waals surface area contributed by atoms with Crippen LogP contribution in [0.2, 0.25) is 0 Å². The normalized spacial score (nSPS) is 13.2. The average molecular weight is 302 g/mol. The van der Waals surface area contributed by atoms with Gasteiger partial charge in [-0.25, -0.2) is 8.78 Å². The van der Waals surface area contributed by atoms with Crippen LogP contribution in [-0.4, -0.2) is 5.11 Å². The molecule has 112 valence electrons. The molecule has 21 heavy (non-hydrogen) atoms. The van der Waals surface area contributed by atoms with Gasteiger partial charge >= 0.3 is 6.18 Å². The molecule has 1 unspecified atom stereocenters. The van der Waals surface area contributed by atoms with Crippen molar-refractivity contribution in [2.75, 3.05) is 0 Å². The molecule has 1 nitrogen and oxygen atoms in total. The first-order chi connectivity index (χ1) is 9.79. The van der Waals surface area contributed by atoms with Crippen LogP contribution in [-0.2, 0) is 12.6 Å². The third-order valence-electron chi connectivity index (χ3n) is 3.08. The Morgan fingerprint density at radius 2 is 1.43 bits per heavy atom. The van der Waals surface area contributed by atoms with Crippen LogP contribution in [0.5, 0.6) is 0 Å². The highest BCUT2D eigenvalue weighted by atomic mass is 19.4. The van der Waals surface area contributed by atoms with Crippen LogP contribution in [0.1, 0.15) is 22.8 Å². The maximum atomic E-state index is 13.4. The quantitative estimate of drug-likeness (QED) is 0.840. The van der Waals surface area contributed by atoms with Crippen molar-refractivity contribution in [2.45, 2.75) is 18.7 Å². The Hall–Kier alpha value is -1.95. The van der Waals surface area contributed by atoms with Gasteiger partial charge in [-0.1, -0.05) is 18.2 Å². The summed E-state index contributed by atoms with van der Waals surface area (Å²) in [5.41, 5.74) is -0.994. The first-order valence-corrected chi connectivity index (χ1v) is 6.07. The van der Waals surface area contributed by atoms with E-state index < -0.39 is 29.5 Å². The van der Waals surface area contributed by atoms with Crippen LogP contribution in [0.3, 0.4) is 0 Å². The minimum absolute atomic E-state index is 0.158. The molecule has 2 aromatic rings. The predicted molar refractivity (Wildman–Crippen MR) is 66.5 cm³/mol. The third-order valence-corrected chi connectivity index (χ3v) is 3.08. The van der Waals surface area contributed by atoms with Gasteiger partial charge < -0.3 is 5.11 Å². The summed E-state index contributed by atoms with van der Waals surface area (Å²) < 4.78 is 64.1. The molecular formula is C15H11F5O. The molecule has 0 aliphatic rings. The van der Waals surface area contributed by atoms with Crippen LogP contribution in [0.15, 0.2) is 42.5 Å². The highest BCUT2D eigenvalue weighted by Gasteiger charge is 2.30. The number of rotatable bonds is 3. The minimum atomic E-state index is -4.47. The Morgan fingerprint density at radius 1 is 0.905 bits per heavy atom. The molecule has 0 saturated carbocycles. The van der Waals surface area contributed by atoms with Crippen LogP contribution in [0.4, 0.5) is 22.0 Å². The van der Waals surface area contributed by atoms with E-state index in [1.54, 1.807) is 0 Å². The SMILES string of the molecule is OC(Cc1c(F)cccc1F)c1ccc(C(F)(F)F)cc1. The number of hydrogen-bond acceptors (Lipinski definition) is 1. The largest absolute Gasteiger partial charge is 0.416 e. The van der Waals surface area contributed by atoms with E-state index in [1.807, 2.05) is 0 Å². The summed E-state index contributed by atoms with van der Waals surface area (Å²) in [6, 6.07) is 7.11. The predicted octanol–water partition coefficient (Wildman–Crippen LogP) is 4.26. The van der Waals surface area contributed by atoms with Crippen LogP contribution >= 0.6 is 0 Å². The summed E-state index contributed by atoms with van der Waals surface area (Å²) >= 11 is 0. The van der Waals surface area contributed by atoms with E-state index in [0.717, 1.165) is 36.4 Å². The van der Waals surface area contributed by atoms with Gasteiger partial charge in [0.1, 0.15) is 11.6 Å². The lowest BCUT2D eigenvalue weighted by Gasteiger charge is -2.13. The van der Waals surface area contributed by atoms with E-state index in [4.69, 9.17) is 0 Å². The monoisotopic (exact) mass is 302 g/mol. The molecule has 0 aliphatic heterocycles. The highest BCUT2D eigenvalue weighted by Crippen LogP contribution is 2.30. The minimum Gasteiger partial charge on any atom is -0.388 e. The molecule has 0 aromatic heterocycles. The van der Waals surface area contributed by atoms with Gasteiger partial charge in [0.15, 0.2) is 0 Å². The Balaban J connectivity index is 2.19. The summed E-state index contributed by atoms with van der Waals surface area (Å²) in [7, 11) is 0. The van der Waals surface area contributed by atoms with Crippen molar-refractivity contribution in [1.29, 1.82) is 0 Å². The Kier molecular flexibility index (Phi) is 4.27. The molecule has 0 fully saturated rings. The van der Waals surface area contributed by atoms with Gasteiger partial charge in [0.25, 0.3) is 0 Å². The molecule has 1 atom stereocenters. The van der Waals surface area contributed by atoms with Crippen molar-refractivity contribution in [3.63, 3.8) is 0 Å². The standard InChI is InChI=1S/C15H11F5O/c16-12-2-1-3-13(17)11(12)8-14(21)9-4-6-10(7-5-9)15(18,19)20/h1-7,14,21H,8H2. The number of alkyl halides is 3. The van der Waals surface area contributed by atoms with Crippen molar-refractivity contribution in [3.8, 4) is 0 Å². The van der Waals surface area contributed by atoms with E-state index in [-0.39, 0.29) is 17.5 Å². The fourth-order valence-electron chi connectivity index (χ4n) is 1.93. The Bertz CT molecular complexity index is 599. The van der Waals surface area contributed by atoms with Gasteiger partial charge in [0.05, 0.1) is 11.7 Å². The number of aliphatic hydroxyl groups is 1. The summed E-state index contributed by atoms with van der Waals surface area (Å²) in [6.45, 7) is 0. The average Bonchev–Trinajstić information content (AvgIpc) is 2.42. The molecule has 0 spiro atoms. The van der Waals surface area contributed by atoms with Crippen molar-refractivity contribution >= 4 is 0 Å². The van der Waals surface area contributed by atoms with E-state index >= 15 is 0 Å². The number of aliphatic hydroxyl groups excluding tert-OH is 1. The first-order valence-electron chi connectivity index (χ1n) is 6.07. The molecule has 2 rings (SSSR count). The van der Waals surface area contributed by atoms with Gasteiger partial charge in [0, 0.05) is 12.0 Å². The zero-order valence-corrected chi connectivity index (χ0v) is 10.7. The van der Waals surface area contributed by atoms with E-state index in [2.05, 4.69) is 0 Å². The molecule has 0 radical (unpaired) electrons. The van der Waals surface area contributed by atoms with Gasteiger partial charge in [-0.15, -0.1) is 0 Å². The lowest BCUT2D eigenvalue weighted by atomic mass is 9.99. The fourth-order valence-corrected chi connectivity index (χ4v) is 1.93. The molecule has 0 amide bonds. The van der Waals surface area contributed by atoms with Crippen molar-refractivity contribution < 1.29 is 27.1 Å². The topological polar surface area (TPSA) is 20.2 Å². The Labute approximate surface area is 117 Å². The molecule has 0 bridgehead atoms. The van der Waals surface area contributed by atoms with Crippen LogP contribution < -0.4 is 0 Å². The van der Waals surface area contributed by atoms with Gasteiger partial charge in [-0.05, 0) is 29.8 Å². The Morgan fingerprint density at radius 3 is 1.90 bits per heavy atom. The zero-order chi connectivity index (χ0) is 15.6. The second-order valence-electron chi connectivity index (χ2n) is 4.54. The smallest absolute Gasteiger partial charge is 0.388 e. The van der Waals surface area contributed by atoms with Crippen LogP contribution in [0, 0.1) is 11.6 Å². The zero-order valence-electron chi connectivity index (χ0n) is 10.7. The maximum Gasteiger partial charge on any atom is 0.416 e. The third kappa shape index (κ3) is 3.58. The fraction of sp³-hybridized carbons (Fsp3) is 0.200. The lowest BCUT2D eigenvalue weighted by Crippen LogP contribution is -2.08. The van der Waals surface area contributed by atoms with E-state index in [1.165, 1.54) is 6.07 Å². The van der Waals surface area contributed by atoms with Crippen molar-refractivity contribution in [3.05, 3.63) is 70.8 Å².